The van der Waals surface area contributed by atoms with Crippen molar-refractivity contribution in [1.29, 1.82) is 0 Å². The molecule has 3 unspecified atom stereocenters. The molecular weight excluding hydrogens is 403 g/mol. The third-order valence-corrected chi connectivity index (χ3v) is 6.55. The second kappa shape index (κ2) is 7.97. The highest BCUT2D eigenvalue weighted by Gasteiger charge is 2.44. The van der Waals surface area contributed by atoms with Crippen LogP contribution in [-0.2, 0) is 4.74 Å². The largest absolute Gasteiger partial charge is 0.375 e. The Bertz CT molecular complexity index is 1220. The van der Waals surface area contributed by atoms with Crippen LogP contribution >= 0.6 is 0 Å². The fourth-order valence-corrected chi connectivity index (χ4v) is 5.02. The number of aromatic nitrogens is 3. The second-order valence-electron chi connectivity index (χ2n) is 8.47. The van der Waals surface area contributed by atoms with E-state index in [1.165, 1.54) is 6.07 Å². The van der Waals surface area contributed by atoms with Crippen LogP contribution in [0.3, 0.4) is 0 Å². The summed E-state index contributed by atoms with van der Waals surface area (Å²) in [6, 6.07) is 21.4. The molecule has 2 bridgehead atoms. The zero-order valence-corrected chi connectivity index (χ0v) is 17.5. The van der Waals surface area contributed by atoms with Crippen molar-refractivity contribution < 1.29 is 9.13 Å². The summed E-state index contributed by atoms with van der Waals surface area (Å²) < 4.78 is 20.5. The molecule has 2 aromatic heterocycles. The standard InChI is InChI=1S/C26H23FN4O/c27-23-9-5-4-8-21(23)25-22(14-29-30-25)26(31-15-20-12-19(31)16-32-20)18-10-11-24(28-13-18)17-6-2-1-3-7-17/h1-11,13-14,19-20,26H,12,15-16H2,(H,29,30). The number of hydrogen-bond donors (Lipinski definition) is 1. The lowest BCUT2D eigenvalue weighted by Crippen LogP contribution is -2.40. The lowest BCUT2D eigenvalue weighted by molar-refractivity contribution is 0.0181. The van der Waals surface area contributed by atoms with E-state index >= 15 is 0 Å². The molecule has 5 nitrogen and oxygen atoms in total. The molecule has 0 spiro atoms. The molecule has 2 aromatic carbocycles. The molecule has 32 heavy (non-hydrogen) atoms. The molecule has 2 saturated heterocycles. The van der Waals surface area contributed by atoms with Gasteiger partial charge >= 0.3 is 0 Å². The molecule has 4 heterocycles. The number of morpholine rings is 1. The van der Waals surface area contributed by atoms with Crippen molar-refractivity contribution in [2.75, 3.05) is 13.2 Å². The first-order valence-corrected chi connectivity index (χ1v) is 10.9. The molecule has 160 valence electrons. The van der Waals surface area contributed by atoms with E-state index in [9.17, 15) is 4.39 Å². The Balaban J connectivity index is 1.44. The van der Waals surface area contributed by atoms with Crippen molar-refractivity contribution in [3.63, 3.8) is 0 Å². The fourth-order valence-electron chi connectivity index (χ4n) is 5.02. The number of likely N-dealkylation sites (tertiary alicyclic amines) is 1. The summed E-state index contributed by atoms with van der Waals surface area (Å²) in [5, 5.41) is 7.36. The van der Waals surface area contributed by atoms with Gasteiger partial charge in [0, 0.05) is 35.5 Å². The van der Waals surface area contributed by atoms with Crippen molar-refractivity contribution in [2.24, 2.45) is 0 Å². The minimum atomic E-state index is -0.263. The van der Waals surface area contributed by atoms with Gasteiger partial charge < -0.3 is 4.74 Å². The molecule has 2 aliphatic rings. The molecule has 0 aliphatic carbocycles. The number of pyridine rings is 1. The maximum atomic E-state index is 14.7. The van der Waals surface area contributed by atoms with Crippen LogP contribution in [0.5, 0.6) is 0 Å². The van der Waals surface area contributed by atoms with E-state index in [0.717, 1.165) is 42.0 Å². The maximum absolute atomic E-state index is 14.7. The van der Waals surface area contributed by atoms with Gasteiger partial charge in [0.15, 0.2) is 0 Å². The van der Waals surface area contributed by atoms with Crippen LogP contribution in [0.2, 0.25) is 0 Å². The van der Waals surface area contributed by atoms with Crippen LogP contribution in [0.15, 0.2) is 79.1 Å². The number of H-pyrrole nitrogens is 1. The molecule has 1 N–H and O–H groups in total. The molecular formula is C26H23FN4O. The first-order valence-electron chi connectivity index (χ1n) is 10.9. The summed E-state index contributed by atoms with van der Waals surface area (Å²) in [6.07, 6.45) is 5.05. The van der Waals surface area contributed by atoms with Crippen LogP contribution in [0.1, 0.15) is 23.6 Å². The summed E-state index contributed by atoms with van der Waals surface area (Å²) in [6.45, 7) is 1.57. The van der Waals surface area contributed by atoms with Gasteiger partial charge in [0.25, 0.3) is 0 Å². The summed E-state index contributed by atoms with van der Waals surface area (Å²) in [7, 11) is 0. The van der Waals surface area contributed by atoms with Crippen molar-refractivity contribution in [3.05, 3.63) is 96.1 Å². The quantitative estimate of drug-likeness (QED) is 0.496. The van der Waals surface area contributed by atoms with Crippen molar-refractivity contribution in [2.45, 2.75) is 24.6 Å². The van der Waals surface area contributed by atoms with E-state index in [0.29, 0.717) is 17.3 Å². The Labute approximate surface area is 185 Å². The summed E-state index contributed by atoms with van der Waals surface area (Å²) >= 11 is 0. The topological polar surface area (TPSA) is 54.0 Å². The van der Waals surface area contributed by atoms with Gasteiger partial charge in [-0.2, -0.15) is 5.10 Å². The van der Waals surface area contributed by atoms with Crippen LogP contribution < -0.4 is 0 Å². The monoisotopic (exact) mass is 426 g/mol. The van der Waals surface area contributed by atoms with Gasteiger partial charge in [-0.25, -0.2) is 4.39 Å². The average Bonchev–Trinajstić information content (AvgIpc) is 3.59. The highest BCUT2D eigenvalue weighted by Crippen LogP contribution is 2.41. The summed E-state index contributed by atoms with van der Waals surface area (Å²) in [4.78, 5) is 7.23. The third kappa shape index (κ3) is 3.32. The number of fused-ring (bicyclic) bond motifs is 2. The Morgan fingerprint density at radius 2 is 1.84 bits per heavy atom. The Kier molecular flexibility index (Phi) is 4.82. The zero-order chi connectivity index (χ0) is 21.5. The van der Waals surface area contributed by atoms with E-state index in [-0.39, 0.29) is 18.0 Å². The number of ether oxygens (including phenoxy) is 1. The highest BCUT2D eigenvalue weighted by atomic mass is 19.1. The molecule has 2 fully saturated rings. The van der Waals surface area contributed by atoms with Gasteiger partial charge in [-0.3, -0.25) is 15.0 Å². The smallest absolute Gasteiger partial charge is 0.132 e. The Hall–Kier alpha value is -3.35. The highest BCUT2D eigenvalue weighted by molar-refractivity contribution is 5.65. The van der Waals surface area contributed by atoms with Gasteiger partial charge in [0.05, 0.1) is 36.3 Å². The molecule has 0 amide bonds. The van der Waals surface area contributed by atoms with Crippen molar-refractivity contribution in [3.8, 4) is 22.5 Å². The predicted molar refractivity (Wildman–Crippen MR) is 120 cm³/mol. The zero-order valence-electron chi connectivity index (χ0n) is 17.5. The van der Waals surface area contributed by atoms with E-state index in [1.54, 1.807) is 12.1 Å². The first kappa shape index (κ1) is 19.3. The lowest BCUT2D eigenvalue weighted by atomic mass is 9.94. The van der Waals surface area contributed by atoms with Gasteiger partial charge in [-0.05, 0) is 30.2 Å². The SMILES string of the molecule is Fc1ccccc1-c1[nH]ncc1C(c1ccc(-c2ccccc2)nc1)N1CC2CC1CO2. The van der Waals surface area contributed by atoms with Crippen LogP contribution in [0, 0.1) is 5.82 Å². The van der Waals surface area contributed by atoms with Gasteiger partial charge in [0.2, 0.25) is 0 Å². The van der Waals surface area contributed by atoms with Crippen molar-refractivity contribution in [1.82, 2.24) is 20.1 Å². The molecule has 6 heteroatoms. The molecule has 6 rings (SSSR count). The number of hydrogen-bond acceptors (Lipinski definition) is 4. The minimum absolute atomic E-state index is 0.0837. The normalized spacial score (nSPS) is 21.2. The lowest BCUT2D eigenvalue weighted by Gasteiger charge is -2.35. The number of rotatable bonds is 5. The van der Waals surface area contributed by atoms with Crippen molar-refractivity contribution >= 4 is 0 Å². The Morgan fingerprint density at radius 1 is 1.00 bits per heavy atom. The molecule has 2 aliphatic heterocycles. The van der Waals surface area contributed by atoms with E-state index in [1.807, 2.05) is 36.7 Å². The van der Waals surface area contributed by atoms with Crippen LogP contribution in [0.25, 0.3) is 22.5 Å². The predicted octanol–water partition coefficient (Wildman–Crippen LogP) is 4.84. The number of halogens is 1. The van der Waals surface area contributed by atoms with E-state index in [2.05, 4.69) is 39.4 Å². The Morgan fingerprint density at radius 3 is 2.56 bits per heavy atom. The molecule has 0 saturated carbocycles. The van der Waals surface area contributed by atoms with Crippen LogP contribution in [-0.4, -0.2) is 45.4 Å². The average molecular weight is 426 g/mol. The van der Waals surface area contributed by atoms with E-state index in [4.69, 9.17) is 9.72 Å². The van der Waals surface area contributed by atoms with Gasteiger partial charge in [-0.15, -0.1) is 0 Å². The van der Waals surface area contributed by atoms with Gasteiger partial charge in [0.1, 0.15) is 5.82 Å². The number of nitrogens with one attached hydrogen (secondary N) is 1. The number of nitrogens with zero attached hydrogens (tertiary/aromatic N) is 3. The molecule has 0 radical (unpaired) electrons. The van der Waals surface area contributed by atoms with E-state index < -0.39 is 0 Å². The molecule has 4 aromatic rings. The number of benzene rings is 2. The van der Waals surface area contributed by atoms with Crippen LogP contribution in [0.4, 0.5) is 4.39 Å². The number of aromatic amines is 1. The summed E-state index contributed by atoms with van der Waals surface area (Å²) in [5.74, 6) is -0.263. The first-order chi connectivity index (χ1) is 15.8. The fraction of sp³-hybridized carbons (Fsp3) is 0.231. The second-order valence-corrected chi connectivity index (χ2v) is 8.47. The maximum Gasteiger partial charge on any atom is 0.132 e. The summed E-state index contributed by atoms with van der Waals surface area (Å²) in [5.41, 5.74) is 5.28. The third-order valence-electron chi connectivity index (χ3n) is 6.55. The minimum Gasteiger partial charge on any atom is -0.375 e. The van der Waals surface area contributed by atoms with Gasteiger partial charge in [-0.1, -0.05) is 48.5 Å². The molecule has 3 atom stereocenters.